The van der Waals surface area contributed by atoms with E-state index in [1.165, 1.54) is 6.07 Å². The molecule has 0 spiro atoms. The van der Waals surface area contributed by atoms with Crippen molar-refractivity contribution in [1.29, 1.82) is 0 Å². The van der Waals surface area contributed by atoms with Gasteiger partial charge in [-0.05, 0) is 22.0 Å². The van der Waals surface area contributed by atoms with Gasteiger partial charge in [0.2, 0.25) is 0 Å². The molecule has 1 heterocycles. The third-order valence-corrected chi connectivity index (χ3v) is 2.27. The largest absolute Gasteiger partial charge is 0.573 e. The summed E-state index contributed by atoms with van der Waals surface area (Å²) in [5.74, 6) is -0.320. The number of nitrogens with zero attached hydrogens (tertiary/aromatic N) is 1. The Morgan fingerprint density at radius 2 is 2.14 bits per heavy atom. The Bertz CT molecular complexity index is 331. The summed E-state index contributed by atoms with van der Waals surface area (Å²) < 4.78 is 39.4. The lowest BCUT2D eigenvalue weighted by atomic mass is 10.3. The third kappa shape index (κ3) is 3.34. The van der Waals surface area contributed by atoms with Crippen molar-refractivity contribution in [3.05, 3.63) is 22.4 Å². The van der Waals surface area contributed by atoms with E-state index < -0.39 is 6.36 Å². The topological polar surface area (TPSA) is 22.1 Å². The van der Waals surface area contributed by atoms with Gasteiger partial charge >= 0.3 is 6.36 Å². The van der Waals surface area contributed by atoms with Crippen LogP contribution in [0.5, 0.6) is 5.75 Å². The molecule has 0 radical (unpaired) electrons. The van der Waals surface area contributed by atoms with Gasteiger partial charge in [-0.2, -0.15) is 0 Å². The van der Waals surface area contributed by atoms with Gasteiger partial charge in [-0.3, -0.25) is 0 Å². The lowest BCUT2D eigenvalue weighted by molar-refractivity contribution is -0.274. The summed E-state index contributed by atoms with van der Waals surface area (Å²) in [4.78, 5) is 3.64. The second-order valence-corrected chi connectivity index (χ2v) is 3.32. The van der Waals surface area contributed by atoms with Crippen molar-refractivity contribution >= 4 is 27.5 Å². The highest BCUT2D eigenvalue weighted by Gasteiger charge is 2.31. The van der Waals surface area contributed by atoms with E-state index in [4.69, 9.17) is 11.6 Å². The number of hydrogen-bond acceptors (Lipinski definition) is 2. The van der Waals surface area contributed by atoms with Gasteiger partial charge in [0.25, 0.3) is 0 Å². The molecule has 0 aliphatic carbocycles. The van der Waals surface area contributed by atoms with Crippen molar-refractivity contribution < 1.29 is 17.9 Å². The fourth-order valence-electron chi connectivity index (χ4n) is 0.755. The molecule has 0 fully saturated rings. The van der Waals surface area contributed by atoms with Crippen LogP contribution in [0, 0.1) is 0 Å². The first-order chi connectivity index (χ1) is 6.42. The highest BCUT2D eigenvalue weighted by Crippen LogP contribution is 2.26. The van der Waals surface area contributed by atoms with E-state index in [-0.39, 0.29) is 11.6 Å². The number of rotatable bonds is 2. The number of halogens is 5. The van der Waals surface area contributed by atoms with E-state index >= 15 is 0 Å². The second-order valence-electron chi connectivity index (χ2n) is 2.30. The summed E-state index contributed by atoms with van der Waals surface area (Å²) in [5, 5.41) is 0. The van der Waals surface area contributed by atoms with Crippen LogP contribution in [-0.4, -0.2) is 11.3 Å². The standard InChI is InChI=1S/C7H4BrClF3NO/c8-6-4(2-9)1-5(3-13-6)14-7(10,11)12/h1,3H,2H2. The molecule has 78 valence electrons. The SMILES string of the molecule is FC(F)(F)Oc1cnc(Br)c(CCl)c1. The molecule has 0 aliphatic heterocycles. The van der Waals surface area contributed by atoms with E-state index in [0.29, 0.717) is 10.2 Å². The highest BCUT2D eigenvalue weighted by atomic mass is 79.9. The Morgan fingerprint density at radius 1 is 1.50 bits per heavy atom. The molecule has 2 nitrogen and oxygen atoms in total. The van der Waals surface area contributed by atoms with Crippen molar-refractivity contribution in [3.8, 4) is 5.75 Å². The lowest BCUT2D eigenvalue weighted by Gasteiger charge is -2.09. The fraction of sp³-hybridized carbons (Fsp3) is 0.286. The maximum atomic E-state index is 11.8. The zero-order chi connectivity index (χ0) is 10.8. The maximum absolute atomic E-state index is 11.8. The van der Waals surface area contributed by atoms with E-state index in [2.05, 4.69) is 25.7 Å². The van der Waals surface area contributed by atoms with Crippen molar-refractivity contribution in [2.24, 2.45) is 0 Å². The summed E-state index contributed by atoms with van der Waals surface area (Å²) >= 11 is 8.51. The zero-order valence-corrected chi connectivity index (χ0v) is 8.95. The summed E-state index contributed by atoms with van der Waals surface area (Å²) in [6.45, 7) is 0. The molecule has 0 unspecified atom stereocenters. The Morgan fingerprint density at radius 3 is 2.64 bits per heavy atom. The minimum absolute atomic E-state index is 0.0582. The molecule has 1 rings (SSSR count). The molecule has 0 bridgehead atoms. The Kier molecular flexibility index (Phi) is 3.60. The fourth-order valence-corrected chi connectivity index (χ4v) is 1.48. The van der Waals surface area contributed by atoms with Crippen LogP contribution in [-0.2, 0) is 5.88 Å². The average Bonchev–Trinajstić information content (AvgIpc) is 2.06. The van der Waals surface area contributed by atoms with E-state index in [1.807, 2.05) is 0 Å². The summed E-state index contributed by atoms with van der Waals surface area (Å²) in [7, 11) is 0. The predicted octanol–water partition coefficient (Wildman–Crippen LogP) is 3.48. The Labute approximate surface area is 91.2 Å². The molecule has 14 heavy (non-hydrogen) atoms. The number of ether oxygens (including phenoxy) is 1. The number of pyridine rings is 1. The van der Waals surface area contributed by atoms with E-state index in [0.717, 1.165) is 6.20 Å². The van der Waals surface area contributed by atoms with Gasteiger partial charge in [-0.1, -0.05) is 0 Å². The number of alkyl halides is 4. The van der Waals surface area contributed by atoms with Crippen LogP contribution in [0.4, 0.5) is 13.2 Å². The predicted molar refractivity (Wildman–Crippen MR) is 48.2 cm³/mol. The minimum atomic E-state index is -4.71. The second kappa shape index (κ2) is 4.35. The van der Waals surface area contributed by atoms with Crippen LogP contribution >= 0.6 is 27.5 Å². The first-order valence-electron chi connectivity index (χ1n) is 3.38. The third-order valence-electron chi connectivity index (χ3n) is 1.26. The van der Waals surface area contributed by atoms with Crippen LogP contribution in [0.3, 0.4) is 0 Å². The summed E-state index contributed by atoms with van der Waals surface area (Å²) in [6, 6.07) is 1.18. The first kappa shape index (κ1) is 11.6. The van der Waals surface area contributed by atoms with Crippen molar-refractivity contribution in [3.63, 3.8) is 0 Å². The number of hydrogen-bond donors (Lipinski definition) is 0. The van der Waals surface area contributed by atoms with Crippen molar-refractivity contribution in [2.75, 3.05) is 0 Å². The molecule has 0 aliphatic rings. The monoisotopic (exact) mass is 289 g/mol. The molecule has 0 saturated heterocycles. The normalized spacial score (nSPS) is 11.5. The molecule has 7 heteroatoms. The van der Waals surface area contributed by atoms with E-state index in [9.17, 15) is 13.2 Å². The van der Waals surface area contributed by atoms with Gasteiger partial charge in [0.05, 0.1) is 12.1 Å². The van der Waals surface area contributed by atoms with Crippen LogP contribution in [0.15, 0.2) is 16.9 Å². The van der Waals surface area contributed by atoms with Gasteiger partial charge in [-0.25, -0.2) is 4.98 Å². The highest BCUT2D eigenvalue weighted by molar-refractivity contribution is 9.10. The van der Waals surface area contributed by atoms with Crippen LogP contribution in [0.1, 0.15) is 5.56 Å². The van der Waals surface area contributed by atoms with Gasteiger partial charge in [0.15, 0.2) is 0 Å². The van der Waals surface area contributed by atoms with Gasteiger partial charge in [0.1, 0.15) is 10.4 Å². The molecule has 0 atom stereocenters. The molecule has 0 amide bonds. The molecule has 1 aromatic heterocycles. The lowest BCUT2D eigenvalue weighted by Crippen LogP contribution is -2.17. The Balaban J connectivity index is 2.90. The van der Waals surface area contributed by atoms with Crippen molar-refractivity contribution in [1.82, 2.24) is 4.98 Å². The van der Waals surface area contributed by atoms with Crippen LogP contribution in [0.2, 0.25) is 0 Å². The van der Waals surface area contributed by atoms with Gasteiger partial charge < -0.3 is 4.74 Å². The molecular weight excluding hydrogens is 286 g/mol. The average molecular weight is 290 g/mol. The van der Waals surface area contributed by atoms with Gasteiger partial charge in [-0.15, -0.1) is 24.8 Å². The molecule has 0 saturated carbocycles. The minimum Gasteiger partial charge on any atom is -0.404 e. The molecule has 0 aromatic carbocycles. The molecule has 1 aromatic rings. The van der Waals surface area contributed by atoms with Gasteiger partial charge in [0, 0.05) is 5.56 Å². The number of aromatic nitrogens is 1. The molecule has 0 N–H and O–H groups in total. The smallest absolute Gasteiger partial charge is 0.404 e. The zero-order valence-electron chi connectivity index (χ0n) is 6.61. The van der Waals surface area contributed by atoms with Crippen molar-refractivity contribution in [2.45, 2.75) is 12.2 Å². The maximum Gasteiger partial charge on any atom is 0.573 e. The summed E-state index contributed by atoms with van der Waals surface area (Å²) in [5.41, 5.74) is 0.438. The summed E-state index contributed by atoms with van der Waals surface area (Å²) in [6.07, 6.45) is -3.74. The Hall–Kier alpha value is -0.490. The van der Waals surface area contributed by atoms with Crippen LogP contribution in [0.25, 0.3) is 0 Å². The van der Waals surface area contributed by atoms with Crippen LogP contribution < -0.4 is 4.74 Å². The van der Waals surface area contributed by atoms with E-state index in [1.54, 1.807) is 0 Å². The molecular formula is C7H4BrClF3NO. The quantitative estimate of drug-likeness (QED) is 0.614. The first-order valence-corrected chi connectivity index (χ1v) is 4.71.